The molecular weight excluding hydrogens is 612 g/mol. The molecule has 0 spiro atoms. The molecule has 0 bridgehead atoms. The third kappa shape index (κ3) is 6.07. The number of benzene rings is 2. The predicted octanol–water partition coefficient (Wildman–Crippen LogP) is 5.01. The zero-order valence-electron chi connectivity index (χ0n) is 22.9. The Morgan fingerprint density at radius 3 is 2.50 bits per heavy atom. The predicted molar refractivity (Wildman–Crippen MR) is 150 cm³/mol. The van der Waals surface area contributed by atoms with E-state index in [1.54, 1.807) is 29.2 Å². The van der Waals surface area contributed by atoms with Crippen molar-refractivity contribution in [2.24, 2.45) is 10.9 Å². The smallest absolute Gasteiger partial charge is 0.394 e. The number of hydrogen-bond acceptors (Lipinski definition) is 6. The molecule has 8 nitrogen and oxygen atoms in total. The van der Waals surface area contributed by atoms with E-state index in [0.717, 1.165) is 18.9 Å². The second-order valence-electron chi connectivity index (χ2n) is 10.9. The van der Waals surface area contributed by atoms with Crippen molar-refractivity contribution in [3.05, 3.63) is 69.8 Å². The number of hydrogen-bond donors (Lipinski definition) is 1. The number of aliphatic imine (C=N–C) groups is 1. The van der Waals surface area contributed by atoms with Gasteiger partial charge in [-0.25, -0.2) is 0 Å². The first-order valence-electron chi connectivity index (χ1n) is 13.7. The van der Waals surface area contributed by atoms with Crippen molar-refractivity contribution in [2.75, 3.05) is 26.2 Å². The average Bonchev–Trinajstić information content (AvgIpc) is 3.66. The Balaban J connectivity index is 1.17. The van der Waals surface area contributed by atoms with E-state index in [-0.39, 0.29) is 30.1 Å². The van der Waals surface area contributed by atoms with Crippen LogP contribution in [0.3, 0.4) is 0 Å². The van der Waals surface area contributed by atoms with Gasteiger partial charge in [0.1, 0.15) is 0 Å². The van der Waals surface area contributed by atoms with Crippen LogP contribution in [0.15, 0.2) is 52.5 Å². The lowest BCUT2D eigenvalue weighted by Gasteiger charge is -2.41. The summed E-state index contributed by atoms with van der Waals surface area (Å²) < 4.78 is 81.3. The summed E-state index contributed by atoms with van der Waals surface area (Å²) in [6.45, 7) is 0.637. The van der Waals surface area contributed by atoms with Crippen LogP contribution in [0.25, 0.3) is 17.0 Å². The molecule has 44 heavy (non-hydrogen) atoms. The van der Waals surface area contributed by atoms with Gasteiger partial charge >= 0.3 is 12.4 Å². The second-order valence-corrected chi connectivity index (χ2v) is 11.9. The van der Waals surface area contributed by atoms with Gasteiger partial charge in [0.25, 0.3) is 5.91 Å². The summed E-state index contributed by atoms with van der Waals surface area (Å²) in [6, 6.07) is 6.10. The summed E-state index contributed by atoms with van der Waals surface area (Å²) in [5.41, 5.74) is -2.06. The summed E-state index contributed by atoms with van der Waals surface area (Å²) in [6.07, 6.45) is -5.11. The van der Waals surface area contributed by atoms with Crippen molar-refractivity contribution >= 4 is 45.7 Å². The topological polar surface area (TPSA) is 91.0 Å². The lowest BCUT2D eigenvalue weighted by Crippen LogP contribution is -2.57. The minimum Gasteiger partial charge on any atom is -0.394 e. The summed E-state index contributed by atoms with van der Waals surface area (Å²) in [5, 5.41) is 15.1. The van der Waals surface area contributed by atoms with Crippen molar-refractivity contribution in [2.45, 2.75) is 37.8 Å². The number of halogens is 6. The van der Waals surface area contributed by atoms with E-state index in [1.165, 1.54) is 22.6 Å². The van der Waals surface area contributed by atoms with Crippen LogP contribution in [0.5, 0.6) is 0 Å². The largest absolute Gasteiger partial charge is 0.416 e. The zero-order chi connectivity index (χ0) is 31.4. The lowest BCUT2D eigenvalue weighted by atomic mass is 10.0. The molecule has 2 aromatic carbocycles. The number of amidine groups is 1. The van der Waals surface area contributed by atoms with Crippen molar-refractivity contribution < 1.29 is 41.0 Å². The fourth-order valence-corrected chi connectivity index (χ4v) is 6.31. The Bertz CT molecular complexity index is 1690. The minimum atomic E-state index is -4.99. The summed E-state index contributed by atoms with van der Waals surface area (Å²) in [7, 11) is 0. The maximum absolute atomic E-state index is 13.6. The third-order valence-electron chi connectivity index (χ3n) is 7.81. The highest BCUT2D eigenvalue weighted by atomic mass is 32.2. The second kappa shape index (κ2) is 11.3. The number of thioether (sulfide) groups is 1. The molecule has 1 saturated heterocycles. The monoisotopic (exact) mass is 637 g/mol. The molecule has 232 valence electrons. The normalized spacial score (nSPS) is 20.6. The highest BCUT2D eigenvalue weighted by molar-refractivity contribution is 8.18. The molecule has 0 radical (unpaired) electrons. The van der Waals surface area contributed by atoms with Crippen LogP contribution in [0.1, 0.15) is 35.1 Å². The number of aromatic nitrogens is 2. The first-order valence-corrected chi connectivity index (χ1v) is 14.5. The van der Waals surface area contributed by atoms with Crippen LogP contribution in [0, 0.1) is 5.92 Å². The van der Waals surface area contributed by atoms with Crippen LogP contribution >= 0.6 is 11.8 Å². The minimum absolute atomic E-state index is 0.0385. The van der Waals surface area contributed by atoms with Crippen LogP contribution in [0.2, 0.25) is 0 Å². The number of fused-ring (bicyclic) bond motifs is 1. The van der Waals surface area contributed by atoms with Gasteiger partial charge in [-0.2, -0.15) is 36.4 Å². The van der Waals surface area contributed by atoms with Crippen molar-refractivity contribution in [3.8, 4) is 0 Å². The molecule has 0 unspecified atom stereocenters. The molecule has 3 heterocycles. The maximum Gasteiger partial charge on any atom is 0.416 e. The highest BCUT2D eigenvalue weighted by Gasteiger charge is 2.40. The molecule has 1 aromatic heterocycles. The van der Waals surface area contributed by atoms with Crippen molar-refractivity contribution in [1.29, 1.82) is 0 Å². The lowest BCUT2D eigenvalue weighted by molar-refractivity contribution is -0.143. The number of aliphatic hydroxyl groups excluding tert-OH is 1. The number of piperazine rings is 1. The number of carbonyl (C=O) groups excluding carboxylic acids is 2. The molecule has 6 rings (SSSR count). The SMILES string of the molecule is O=C1N=C(N2CCN(C(=O)C3CC3)[C@@H](CO)C2)S/C1=C\c1ccc2c(cnn2Cc2ccc(C(F)(F)F)cc2C(F)(F)F)c1. The first-order chi connectivity index (χ1) is 20.8. The molecule has 1 N–H and O–H groups in total. The van der Waals surface area contributed by atoms with E-state index in [1.807, 2.05) is 4.90 Å². The number of alkyl halides is 6. The number of nitrogens with zero attached hydrogens (tertiary/aromatic N) is 5. The van der Waals surface area contributed by atoms with E-state index >= 15 is 0 Å². The zero-order valence-corrected chi connectivity index (χ0v) is 23.7. The molecule has 2 aliphatic heterocycles. The van der Waals surface area contributed by atoms with Crippen molar-refractivity contribution in [1.82, 2.24) is 19.6 Å². The molecule has 15 heteroatoms. The number of amides is 2. The van der Waals surface area contributed by atoms with E-state index in [0.29, 0.717) is 52.2 Å². The third-order valence-corrected chi connectivity index (χ3v) is 8.85. The maximum atomic E-state index is 13.6. The van der Waals surface area contributed by atoms with Gasteiger partial charge in [-0.3, -0.25) is 14.3 Å². The Morgan fingerprint density at radius 1 is 1.05 bits per heavy atom. The fourth-order valence-electron chi connectivity index (χ4n) is 5.36. The molecule has 1 saturated carbocycles. The van der Waals surface area contributed by atoms with E-state index in [2.05, 4.69) is 10.1 Å². The quantitative estimate of drug-likeness (QED) is 0.313. The van der Waals surface area contributed by atoms with Gasteiger partial charge in [0.05, 0.1) is 46.9 Å². The Morgan fingerprint density at radius 2 is 1.82 bits per heavy atom. The van der Waals surface area contributed by atoms with Crippen LogP contribution in [-0.4, -0.2) is 74.0 Å². The van der Waals surface area contributed by atoms with Crippen molar-refractivity contribution in [3.63, 3.8) is 0 Å². The summed E-state index contributed by atoms with van der Waals surface area (Å²) in [5.74, 6) is -0.350. The number of aliphatic hydroxyl groups is 1. The van der Waals surface area contributed by atoms with Gasteiger partial charge in [-0.05, 0) is 66.1 Å². The van der Waals surface area contributed by atoms with E-state index in [4.69, 9.17) is 0 Å². The van der Waals surface area contributed by atoms with Gasteiger partial charge in [0, 0.05) is 30.9 Å². The molecule has 1 atom stereocenters. The van der Waals surface area contributed by atoms with Gasteiger partial charge in [-0.15, -0.1) is 0 Å². The van der Waals surface area contributed by atoms with Crippen LogP contribution in [0.4, 0.5) is 26.3 Å². The van der Waals surface area contributed by atoms with E-state index in [9.17, 15) is 41.0 Å². The molecular formula is C29H25F6N5O3S. The van der Waals surface area contributed by atoms with Gasteiger partial charge in [-0.1, -0.05) is 12.1 Å². The van der Waals surface area contributed by atoms with Gasteiger partial charge in [0.15, 0.2) is 5.17 Å². The van der Waals surface area contributed by atoms with Crippen LogP contribution in [-0.2, 0) is 28.5 Å². The summed E-state index contributed by atoms with van der Waals surface area (Å²) >= 11 is 1.17. The van der Waals surface area contributed by atoms with Crippen LogP contribution < -0.4 is 0 Å². The average molecular weight is 638 g/mol. The number of carbonyl (C=O) groups is 2. The molecule has 2 amide bonds. The summed E-state index contributed by atoms with van der Waals surface area (Å²) in [4.78, 5) is 33.4. The van der Waals surface area contributed by atoms with Gasteiger partial charge in [0.2, 0.25) is 5.91 Å². The molecule has 3 aliphatic rings. The Labute approximate surface area is 251 Å². The Kier molecular flexibility index (Phi) is 7.72. The first kappa shape index (κ1) is 30.2. The fraction of sp³-hybridized carbons (Fsp3) is 0.379. The standard InChI is InChI=1S/C29H25F6N5O3S/c30-28(31,32)20-5-4-18(22(11-20)29(33,34)35)13-40-23-6-1-16(9-19(23)12-36-40)10-24-25(42)37-27(44-24)38-7-8-39(21(14-38)15-41)26(43)17-2-3-17/h1,4-6,9-12,17,21,41H,2-3,7-8,13-15H2/b24-10-/t21-/m1/s1. The molecule has 1 aliphatic carbocycles. The molecule has 2 fully saturated rings. The highest BCUT2D eigenvalue weighted by Crippen LogP contribution is 2.38. The number of rotatable bonds is 5. The van der Waals surface area contributed by atoms with Gasteiger partial charge < -0.3 is 14.9 Å². The molecule has 3 aromatic rings. The Hall–Kier alpha value is -3.85. The van der Waals surface area contributed by atoms with E-state index < -0.39 is 42.0 Å².